The summed E-state index contributed by atoms with van der Waals surface area (Å²) in [5.74, 6) is 1.97. The highest BCUT2D eigenvalue weighted by molar-refractivity contribution is 4.97. The van der Waals surface area contributed by atoms with Crippen molar-refractivity contribution in [2.75, 3.05) is 13.1 Å². The topological polar surface area (TPSA) is 29.3 Å². The lowest BCUT2D eigenvalue weighted by Crippen LogP contribution is -2.46. The van der Waals surface area contributed by atoms with Crippen molar-refractivity contribution in [1.29, 1.82) is 0 Å². The highest BCUT2D eigenvalue weighted by atomic mass is 15.2. The maximum Gasteiger partial charge on any atom is 0.0249 e. The summed E-state index contributed by atoms with van der Waals surface area (Å²) in [6, 6.07) is 1.64. The van der Waals surface area contributed by atoms with Gasteiger partial charge in [0, 0.05) is 18.6 Å². The fraction of sp³-hybridized carbons (Fsp3) is 1.00. The van der Waals surface area contributed by atoms with E-state index in [0.29, 0.717) is 0 Å². The van der Waals surface area contributed by atoms with Crippen molar-refractivity contribution in [3.63, 3.8) is 0 Å². The van der Waals surface area contributed by atoms with Crippen molar-refractivity contribution >= 4 is 0 Å². The van der Waals surface area contributed by atoms with Gasteiger partial charge in [0.2, 0.25) is 0 Å². The van der Waals surface area contributed by atoms with Crippen LogP contribution in [0.2, 0.25) is 0 Å². The van der Waals surface area contributed by atoms with E-state index in [2.05, 4.69) is 4.90 Å². The van der Waals surface area contributed by atoms with Crippen molar-refractivity contribution < 1.29 is 0 Å². The molecule has 3 atom stereocenters. The van der Waals surface area contributed by atoms with Gasteiger partial charge in [-0.1, -0.05) is 12.8 Å². The number of hydrogen-bond acceptors (Lipinski definition) is 2. The molecule has 0 spiro atoms. The smallest absolute Gasteiger partial charge is 0.0249 e. The Morgan fingerprint density at radius 1 is 1.07 bits per heavy atom. The molecule has 1 aliphatic heterocycles. The first kappa shape index (κ1) is 10.1. The molecule has 2 nitrogen and oxygen atoms in total. The van der Waals surface area contributed by atoms with E-state index < -0.39 is 0 Å². The highest BCUT2D eigenvalue weighted by Crippen LogP contribution is 2.42. The summed E-state index contributed by atoms with van der Waals surface area (Å²) in [6.07, 6.45) is 10.2. The first-order chi connectivity index (χ1) is 7.40. The van der Waals surface area contributed by atoms with Gasteiger partial charge in [-0.25, -0.2) is 0 Å². The average molecular weight is 208 g/mol. The number of nitrogens with zero attached hydrogens (tertiary/aromatic N) is 1. The zero-order chi connectivity index (χ0) is 10.3. The van der Waals surface area contributed by atoms with Crippen LogP contribution in [-0.2, 0) is 0 Å². The van der Waals surface area contributed by atoms with E-state index in [-0.39, 0.29) is 0 Å². The molecule has 86 valence electrons. The second-order valence-electron chi connectivity index (χ2n) is 5.78. The molecule has 0 aromatic rings. The second kappa shape index (κ2) is 4.06. The van der Waals surface area contributed by atoms with E-state index in [1.807, 2.05) is 0 Å². The Morgan fingerprint density at radius 2 is 1.87 bits per heavy atom. The minimum Gasteiger partial charge on any atom is -0.329 e. The SMILES string of the molecule is NCC(C1CC1)N1CCC2CCCCC21. The van der Waals surface area contributed by atoms with Gasteiger partial charge in [-0.2, -0.15) is 0 Å². The van der Waals surface area contributed by atoms with Crippen LogP contribution in [0.5, 0.6) is 0 Å². The summed E-state index contributed by atoms with van der Waals surface area (Å²) in [4.78, 5) is 2.79. The van der Waals surface area contributed by atoms with E-state index >= 15 is 0 Å². The number of nitrogens with two attached hydrogens (primary N) is 1. The van der Waals surface area contributed by atoms with Crippen LogP contribution in [0.15, 0.2) is 0 Å². The van der Waals surface area contributed by atoms with Crippen LogP contribution < -0.4 is 5.73 Å². The normalized spacial score (nSPS) is 39.0. The van der Waals surface area contributed by atoms with Crippen LogP contribution in [0.25, 0.3) is 0 Å². The van der Waals surface area contributed by atoms with Gasteiger partial charge < -0.3 is 5.73 Å². The molecule has 0 amide bonds. The fourth-order valence-electron chi connectivity index (χ4n) is 3.93. The monoisotopic (exact) mass is 208 g/mol. The molecule has 3 unspecified atom stereocenters. The van der Waals surface area contributed by atoms with Gasteiger partial charge in [0.15, 0.2) is 0 Å². The third-order valence-electron chi connectivity index (χ3n) is 4.89. The molecule has 0 radical (unpaired) electrons. The zero-order valence-electron chi connectivity index (χ0n) is 9.70. The maximum absolute atomic E-state index is 5.97. The van der Waals surface area contributed by atoms with Gasteiger partial charge in [-0.05, 0) is 50.5 Å². The Hall–Kier alpha value is -0.0800. The van der Waals surface area contributed by atoms with E-state index in [0.717, 1.165) is 30.5 Å². The van der Waals surface area contributed by atoms with Crippen molar-refractivity contribution in [3.05, 3.63) is 0 Å². The predicted molar refractivity (Wildman–Crippen MR) is 62.6 cm³/mol. The average Bonchev–Trinajstić information content (AvgIpc) is 3.01. The molecular formula is C13H24N2. The van der Waals surface area contributed by atoms with Crippen LogP contribution in [-0.4, -0.2) is 30.1 Å². The lowest BCUT2D eigenvalue weighted by atomic mass is 9.85. The molecule has 3 rings (SSSR count). The van der Waals surface area contributed by atoms with E-state index in [1.165, 1.54) is 51.5 Å². The van der Waals surface area contributed by atoms with Gasteiger partial charge in [0.25, 0.3) is 0 Å². The molecule has 0 aromatic carbocycles. The van der Waals surface area contributed by atoms with Crippen LogP contribution >= 0.6 is 0 Å². The zero-order valence-corrected chi connectivity index (χ0v) is 9.70. The number of likely N-dealkylation sites (tertiary alicyclic amines) is 1. The first-order valence-corrected chi connectivity index (χ1v) is 6.86. The highest BCUT2D eigenvalue weighted by Gasteiger charge is 2.43. The minimum absolute atomic E-state index is 0.734. The Morgan fingerprint density at radius 3 is 2.60 bits per heavy atom. The standard InChI is InChI=1S/C13H24N2/c14-9-13(11-5-6-11)15-8-7-10-3-1-2-4-12(10)15/h10-13H,1-9,14H2. The maximum atomic E-state index is 5.97. The van der Waals surface area contributed by atoms with Crippen LogP contribution in [0.1, 0.15) is 44.9 Å². The third kappa shape index (κ3) is 1.83. The minimum atomic E-state index is 0.734. The van der Waals surface area contributed by atoms with Crippen molar-refractivity contribution in [2.45, 2.75) is 57.0 Å². The van der Waals surface area contributed by atoms with Gasteiger partial charge in [0.1, 0.15) is 0 Å². The Kier molecular flexibility index (Phi) is 2.73. The van der Waals surface area contributed by atoms with Gasteiger partial charge in [-0.15, -0.1) is 0 Å². The molecule has 1 heterocycles. The lowest BCUT2D eigenvalue weighted by Gasteiger charge is -2.36. The van der Waals surface area contributed by atoms with Crippen molar-refractivity contribution in [1.82, 2.24) is 4.90 Å². The van der Waals surface area contributed by atoms with Crippen LogP contribution in [0.4, 0.5) is 0 Å². The summed E-state index contributed by atoms with van der Waals surface area (Å²) in [7, 11) is 0. The number of hydrogen-bond donors (Lipinski definition) is 1. The molecule has 0 aromatic heterocycles. The molecule has 3 fully saturated rings. The fourth-order valence-corrected chi connectivity index (χ4v) is 3.93. The van der Waals surface area contributed by atoms with Gasteiger partial charge in [0.05, 0.1) is 0 Å². The third-order valence-corrected chi connectivity index (χ3v) is 4.89. The van der Waals surface area contributed by atoms with Gasteiger partial charge >= 0.3 is 0 Å². The summed E-state index contributed by atoms with van der Waals surface area (Å²) >= 11 is 0. The molecule has 0 bridgehead atoms. The lowest BCUT2D eigenvalue weighted by molar-refractivity contribution is 0.122. The molecule has 2 saturated carbocycles. The Labute approximate surface area is 93.2 Å². The summed E-state index contributed by atoms with van der Waals surface area (Å²) in [6.45, 7) is 2.24. The van der Waals surface area contributed by atoms with Crippen LogP contribution in [0, 0.1) is 11.8 Å². The molecule has 2 N–H and O–H groups in total. The quantitative estimate of drug-likeness (QED) is 0.768. The largest absolute Gasteiger partial charge is 0.329 e. The summed E-state index contributed by atoms with van der Waals surface area (Å²) in [5, 5.41) is 0. The Balaban J connectivity index is 1.69. The van der Waals surface area contributed by atoms with Gasteiger partial charge in [-0.3, -0.25) is 4.90 Å². The number of fused-ring (bicyclic) bond motifs is 1. The summed E-state index contributed by atoms with van der Waals surface area (Å²) < 4.78 is 0. The molecule has 2 heteroatoms. The van der Waals surface area contributed by atoms with E-state index in [1.54, 1.807) is 0 Å². The van der Waals surface area contributed by atoms with Crippen molar-refractivity contribution in [2.24, 2.45) is 17.6 Å². The Bertz CT molecular complexity index is 225. The molecule has 1 saturated heterocycles. The molecule has 15 heavy (non-hydrogen) atoms. The molecular weight excluding hydrogens is 184 g/mol. The van der Waals surface area contributed by atoms with Crippen LogP contribution in [0.3, 0.4) is 0 Å². The summed E-state index contributed by atoms with van der Waals surface area (Å²) in [5.41, 5.74) is 5.97. The predicted octanol–water partition coefficient (Wildman–Crippen LogP) is 1.99. The molecule has 2 aliphatic carbocycles. The first-order valence-electron chi connectivity index (χ1n) is 6.86. The number of rotatable bonds is 3. The second-order valence-corrected chi connectivity index (χ2v) is 5.78. The van der Waals surface area contributed by atoms with E-state index in [4.69, 9.17) is 5.73 Å². The van der Waals surface area contributed by atoms with E-state index in [9.17, 15) is 0 Å². The molecule has 3 aliphatic rings. The van der Waals surface area contributed by atoms with Crippen molar-refractivity contribution in [3.8, 4) is 0 Å².